The van der Waals surface area contributed by atoms with Crippen molar-refractivity contribution in [1.82, 2.24) is 9.80 Å². The van der Waals surface area contributed by atoms with Crippen molar-refractivity contribution >= 4 is 29.2 Å². The van der Waals surface area contributed by atoms with Crippen LogP contribution in [0.15, 0.2) is 18.2 Å². The minimum Gasteiger partial charge on any atom is -0.495 e. The normalized spacial score (nSPS) is 15.8. The molecule has 2 N–H and O–H groups in total. The van der Waals surface area contributed by atoms with Gasteiger partial charge in [-0.1, -0.05) is 18.5 Å². The van der Waals surface area contributed by atoms with Crippen LogP contribution in [0, 0.1) is 0 Å². The van der Waals surface area contributed by atoms with E-state index in [1.807, 2.05) is 11.8 Å². The van der Waals surface area contributed by atoms with Crippen molar-refractivity contribution in [2.75, 3.05) is 45.2 Å². The molecule has 1 aliphatic rings. The number of carboxylic acids is 1. The molecule has 1 aromatic rings. The lowest BCUT2D eigenvalue weighted by Crippen LogP contribution is -2.48. The second-order valence-electron chi connectivity index (χ2n) is 6.36. The molecule has 8 heteroatoms. The average Bonchev–Trinajstić information content (AvgIpc) is 2.60. The lowest BCUT2D eigenvalue weighted by Gasteiger charge is -2.37. The molecule has 1 saturated heterocycles. The number of rotatable bonds is 8. The number of likely N-dealkylation sites (N-methyl/N-ethyl adjacent to an activating group) is 1. The van der Waals surface area contributed by atoms with E-state index in [0.717, 1.165) is 25.9 Å². The summed E-state index contributed by atoms with van der Waals surface area (Å²) in [5, 5.41) is 12.4. The minimum absolute atomic E-state index is 0.0657. The lowest BCUT2D eigenvalue weighted by atomic mass is 10.0. The van der Waals surface area contributed by atoms with Crippen LogP contribution in [0.3, 0.4) is 0 Å². The third kappa shape index (κ3) is 5.86. The highest BCUT2D eigenvalue weighted by Gasteiger charge is 2.26. The summed E-state index contributed by atoms with van der Waals surface area (Å²) < 4.78 is 5.24. The molecule has 0 atom stereocenters. The number of carboxylic acid groups (broad SMARTS) is 1. The summed E-state index contributed by atoms with van der Waals surface area (Å²) in [6, 6.07) is 5.33. The summed E-state index contributed by atoms with van der Waals surface area (Å²) in [7, 11) is 1.54. The van der Waals surface area contributed by atoms with E-state index in [-0.39, 0.29) is 25.0 Å². The third-order valence-electron chi connectivity index (χ3n) is 4.62. The molecular weight excluding hydrogens is 358 g/mol. The Labute approximate surface area is 158 Å². The number of piperidine rings is 1. The molecule has 26 heavy (non-hydrogen) atoms. The van der Waals surface area contributed by atoms with Gasteiger partial charge in [-0.3, -0.25) is 19.4 Å². The summed E-state index contributed by atoms with van der Waals surface area (Å²) in [6.07, 6.45) is 1.71. The minimum atomic E-state index is -0.802. The van der Waals surface area contributed by atoms with E-state index in [0.29, 0.717) is 23.0 Å². The molecule has 1 aliphatic heterocycles. The maximum absolute atomic E-state index is 12.3. The Kier molecular flexibility index (Phi) is 7.68. The number of methoxy groups -OCH3 is 1. The molecule has 0 aromatic heterocycles. The Morgan fingerprint density at radius 1 is 1.38 bits per heavy atom. The van der Waals surface area contributed by atoms with E-state index in [1.54, 1.807) is 25.3 Å². The first-order chi connectivity index (χ1) is 12.4. The van der Waals surface area contributed by atoms with Gasteiger partial charge in [-0.2, -0.15) is 0 Å². The number of carbonyl (C=O) groups is 2. The molecule has 1 amide bonds. The van der Waals surface area contributed by atoms with Crippen LogP contribution in [-0.2, 0) is 9.59 Å². The number of ether oxygens (including phenoxy) is 1. The van der Waals surface area contributed by atoms with Gasteiger partial charge in [0.25, 0.3) is 0 Å². The average molecular weight is 384 g/mol. The summed E-state index contributed by atoms with van der Waals surface area (Å²) in [5.74, 6) is -0.361. The zero-order chi connectivity index (χ0) is 19.1. The van der Waals surface area contributed by atoms with E-state index in [4.69, 9.17) is 21.4 Å². The Bertz CT molecular complexity index is 633. The molecule has 0 unspecified atom stereocenters. The monoisotopic (exact) mass is 383 g/mol. The van der Waals surface area contributed by atoms with Crippen molar-refractivity contribution in [1.29, 1.82) is 0 Å². The van der Waals surface area contributed by atoms with Crippen LogP contribution in [0.4, 0.5) is 5.69 Å². The highest BCUT2D eigenvalue weighted by atomic mass is 35.5. The topological polar surface area (TPSA) is 82.1 Å². The van der Waals surface area contributed by atoms with Crippen molar-refractivity contribution in [2.24, 2.45) is 0 Å². The largest absolute Gasteiger partial charge is 0.495 e. The zero-order valence-corrected chi connectivity index (χ0v) is 16.0. The van der Waals surface area contributed by atoms with Gasteiger partial charge in [0.1, 0.15) is 5.75 Å². The number of nitrogens with one attached hydrogen (secondary N) is 1. The molecule has 0 saturated carbocycles. The van der Waals surface area contributed by atoms with Gasteiger partial charge in [0.2, 0.25) is 5.91 Å². The van der Waals surface area contributed by atoms with Gasteiger partial charge in [0.05, 0.1) is 25.9 Å². The highest BCUT2D eigenvalue weighted by molar-refractivity contribution is 6.31. The molecule has 0 radical (unpaired) electrons. The van der Waals surface area contributed by atoms with E-state index < -0.39 is 5.97 Å². The quantitative estimate of drug-likeness (QED) is 0.715. The number of halogens is 1. The second kappa shape index (κ2) is 9.75. The maximum Gasteiger partial charge on any atom is 0.317 e. The Hall–Kier alpha value is -1.83. The standard InChI is InChI=1S/C18H26ClN3O4/c1-3-22(12-18(24)25)14-6-8-21(9-7-14)11-17(23)20-15-10-13(19)4-5-16(15)26-2/h4-5,10,14H,3,6-9,11-12H2,1-2H3,(H,20,23)(H,24,25). The van der Waals surface area contributed by atoms with Crippen LogP contribution >= 0.6 is 11.6 Å². The first-order valence-electron chi connectivity index (χ1n) is 8.74. The van der Waals surface area contributed by atoms with Crippen molar-refractivity contribution < 1.29 is 19.4 Å². The van der Waals surface area contributed by atoms with Crippen molar-refractivity contribution in [3.05, 3.63) is 23.2 Å². The number of benzene rings is 1. The van der Waals surface area contributed by atoms with E-state index >= 15 is 0 Å². The number of nitrogens with zero attached hydrogens (tertiary/aromatic N) is 2. The van der Waals surface area contributed by atoms with Gasteiger partial charge in [0, 0.05) is 24.2 Å². The van der Waals surface area contributed by atoms with Crippen LogP contribution < -0.4 is 10.1 Å². The fraction of sp³-hybridized carbons (Fsp3) is 0.556. The van der Waals surface area contributed by atoms with E-state index in [9.17, 15) is 9.59 Å². The van der Waals surface area contributed by atoms with Crippen molar-refractivity contribution in [3.8, 4) is 5.75 Å². The number of aliphatic carboxylic acids is 1. The predicted molar refractivity (Wildman–Crippen MR) is 101 cm³/mol. The zero-order valence-electron chi connectivity index (χ0n) is 15.2. The summed E-state index contributed by atoms with van der Waals surface area (Å²) in [4.78, 5) is 27.3. The first-order valence-corrected chi connectivity index (χ1v) is 9.12. The molecule has 0 bridgehead atoms. The van der Waals surface area contributed by atoms with Gasteiger partial charge >= 0.3 is 5.97 Å². The highest BCUT2D eigenvalue weighted by Crippen LogP contribution is 2.27. The van der Waals surface area contributed by atoms with Gasteiger partial charge in [-0.25, -0.2) is 0 Å². The number of hydrogen-bond donors (Lipinski definition) is 2. The summed E-state index contributed by atoms with van der Waals surface area (Å²) in [6.45, 7) is 4.57. The number of hydrogen-bond acceptors (Lipinski definition) is 5. The Morgan fingerprint density at radius 3 is 2.65 bits per heavy atom. The molecule has 144 valence electrons. The van der Waals surface area contributed by atoms with Crippen LogP contribution in [-0.4, -0.2) is 72.7 Å². The molecule has 1 fully saturated rings. The number of anilines is 1. The fourth-order valence-corrected chi connectivity index (χ4v) is 3.46. The van der Waals surface area contributed by atoms with E-state index in [2.05, 4.69) is 10.2 Å². The van der Waals surface area contributed by atoms with E-state index in [1.165, 1.54) is 0 Å². The fourth-order valence-electron chi connectivity index (χ4n) is 3.29. The van der Waals surface area contributed by atoms with Crippen LogP contribution in [0.5, 0.6) is 5.75 Å². The molecule has 0 aliphatic carbocycles. The van der Waals surface area contributed by atoms with Gasteiger partial charge in [-0.05, 0) is 37.6 Å². The van der Waals surface area contributed by atoms with Crippen molar-refractivity contribution in [3.63, 3.8) is 0 Å². The maximum atomic E-state index is 12.3. The smallest absolute Gasteiger partial charge is 0.317 e. The SMILES string of the molecule is CCN(CC(=O)O)C1CCN(CC(=O)Nc2cc(Cl)ccc2OC)CC1. The third-order valence-corrected chi connectivity index (χ3v) is 4.86. The molecule has 2 rings (SSSR count). The summed E-state index contributed by atoms with van der Waals surface area (Å²) in [5.41, 5.74) is 0.554. The number of carbonyl (C=O) groups excluding carboxylic acids is 1. The van der Waals surface area contributed by atoms with Gasteiger partial charge in [0.15, 0.2) is 0 Å². The molecular formula is C18H26ClN3O4. The molecule has 0 spiro atoms. The van der Waals surface area contributed by atoms with Crippen LogP contribution in [0.25, 0.3) is 0 Å². The predicted octanol–water partition coefficient (Wildman–Crippen LogP) is 2.16. The first kappa shape index (κ1) is 20.5. The summed E-state index contributed by atoms with van der Waals surface area (Å²) >= 11 is 5.98. The Morgan fingerprint density at radius 2 is 2.08 bits per heavy atom. The lowest BCUT2D eigenvalue weighted by molar-refractivity contribution is -0.139. The molecule has 1 aromatic carbocycles. The Balaban J connectivity index is 1.84. The van der Waals surface area contributed by atoms with Crippen molar-refractivity contribution in [2.45, 2.75) is 25.8 Å². The second-order valence-corrected chi connectivity index (χ2v) is 6.79. The molecule has 7 nitrogen and oxygen atoms in total. The molecule has 1 heterocycles. The van der Waals surface area contributed by atoms with Crippen LogP contribution in [0.1, 0.15) is 19.8 Å². The van der Waals surface area contributed by atoms with Gasteiger partial charge in [-0.15, -0.1) is 0 Å². The number of amides is 1. The van der Waals surface area contributed by atoms with Gasteiger partial charge < -0.3 is 15.2 Å². The number of likely N-dealkylation sites (tertiary alicyclic amines) is 1. The van der Waals surface area contributed by atoms with Crippen LogP contribution in [0.2, 0.25) is 5.02 Å².